The lowest BCUT2D eigenvalue weighted by Gasteiger charge is -2.33. The van der Waals surface area contributed by atoms with Gasteiger partial charge < -0.3 is 28.4 Å². The number of aryl methyl sites for hydroxylation is 2. The van der Waals surface area contributed by atoms with Gasteiger partial charge in [0, 0.05) is 12.1 Å². The molecule has 0 bridgehead atoms. The molecule has 1 unspecified atom stereocenters. The van der Waals surface area contributed by atoms with Crippen LogP contribution in [0.4, 0.5) is 15.3 Å². The van der Waals surface area contributed by atoms with Crippen molar-refractivity contribution in [3.8, 4) is 34.3 Å². The third-order valence-electron chi connectivity index (χ3n) is 16.4. The summed E-state index contributed by atoms with van der Waals surface area (Å²) in [6, 6.07) is 53.7. The predicted molar refractivity (Wildman–Crippen MR) is 390 cm³/mol. The molecule has 0 amide bonds. The molecule has 0 saturated carbocycles. The van der Waals surface area contributed by atoms with Gasteiger partial charge in [-0.25, -0.2) is 18.0 Å². The fourth-order valence-electron chi connectivity index (χ4n) is 12.3. The number of rotatable bonds is 16. The summed E-state index contributed by atoms with van der Waals surface area (Å²) >= 11 is 0. The molecule has 1 atom stereocenters. The summed E-state index contributed by atoms with van der Waals surface area (Å²) in [4.78, 5) is 29.8. The summed E-state index contributed by atoms with van der Waals surface area (Å²) in [5.74, 6) is 1.10. The number of nitrogens with one attached hydrogen (secondary N) is 1. The highest BCUT2D eigenvalue weighted by Crippen LogP contribution is 2.41. The minimum atomic E-state index is -3.95. The minimum absolute atomic E-state index is 0.00349. The van der Waals surface area contributed by atoms with E-state index in [2.05, 4.69) is 117 Å². The first kappa shape index (κ1) is 72.3. The highest BCUT2D eigenvalue weighted by atomic mass is 32.2. The van der Waals surface area contributed by atoms with Crippen LogP contribution in [0.5, 0.6) is 17.2 Å². The van der Waals surface area contributed by atoms with Gasteiger partial charge in [-0.2, -0.15) is 0 Å². The SMILES string of the molecule is CC(C)(C)CC(C)(C)c1ccc(OC(=O)OC(C)(C)c2ccccc2)c(-n2nc3ccccc3n2)c1.CC(C)(C)CC(C)(C)c1ccc(OC2CC=CO2)c(-n2nc3ccccc3n2)c1.Cc1ccc(C)c2nn(-c3cc(S(=O)(=O)Nc4ccccc4)ccc3OC(=O)OC(C)(C)C)nc12. The molecule has 0 saturated heterocycles. The van der Waals surface area contributed by atoms with Crippen LogP contribution in [0.3, 0.4) is 0 Å². The third-order valence-corrected chi connectivity index (χ3v) is 17.7. The van der Waals surface area contributed by atoms with Crippen LogP contribution in [-0.2, 0) is 40.7 Å². The van der Waals surface area contributed by atoms with Crippen LogP contribution in [-0.4, -0.2) is 77.6 Å². The number of hydrogen-bond donors (Lipinski definition) is 1. The molecule has 1 N–H and O–H groups in total. The van der Waals surface area contributed by atoms with Crippen LogP contribution in [0.25, 0.3) is 50.2 Å². The second-order valence-electron chi connectivity index (χ2n) is 30.2. The van der Waals surface area contributed by atoms with Crippen molar-refractivity contribution in [2.24, 2.45) is 10.8 Å². The average Bonchev–Trinajstić information content (AvgIpc) is 1.51. The summed E-state index contributed by atoms with van der Waals surface area (Å²) in [7, 11) is -3.95. The monoisotopic (exact) mass is 1370 g/mol. The van der Waals surface area contributed by atoms with Crippen molar-refractivity contribution >= 4 is 61.1 Å². The second-order valence-corrected chi connectivity index (χ2v) is 31.9. The van der Waals surface area contributed by atoms with E-state index in [1.807, 2.05) is 143 Å². The Morgan fingerprint density at radius 2 is 0.890 bits per heavy atom. The van der Waals surface area contributed by atoms with Crippen molar-refractivity contribution in [1.82, 2.24) is 45.0 Å². The highest BCUT2D eigenvalue weighted by Gasteiger charge is 2.33. The Morgan fingerprint density at radius 3 is 1.34 bits per heavy atom. The molecule has 0 radical (unpaired) electrons. The third kappa shape index (κ3) is 18.3. The number of carbonyl (C=O) groups is 2. The maximum atomic E-state index is 13.1. The Kier molecular flexibility index (Phi) is 20.8. The number of anilines is 1. The van der Waals surface area contributed by atoms with Crippen LogP contribution < -0.4 is 18.9 Å². The quantitative estimate of drug-likeness (QED) is 0.0700. The number of ether oxygens (including phenoxy) is 6. The average molecular weight is 1370 g/mol. The standard InChI is InChI=1S/C30H35N3O3.C25H26N4O5S.C24H29N3O2/c1-28(2,3)20-29(4,5)22-17-18-26(25(19-22)33-31-23-15-11-12-16-24(23)32-33)35-27(34)36-30(6,7)21-13-9-8-10-14-21;1-16-11-12-17(2)23-22(16)26-29(27-23)20-15-19(35(31,32)28-18-9-7-6-8-10-18)13-14-21(20)33-24(30)34-25(3,4)5;1-23(2,3)16-24(4,5)17-12-13-21(29-22-11-8-14-28-22)20(15-17)27-25-18-9-6-7-10-19(18)26-27/h8-19H,20H2,1-7H3;6-15,28H,1-5H3;6-10,12-15,22H,11,16H2,1-5H3. The van der Waals surface area contributed by atoms with E-state index in [0.29, 0.717) is 33.9 Å². The van der Waals surface area contributed by atoms with Crippen molar-refractivity contribution in [3.05, 3.63) is 216 Å². The first-order valence-corrected chi connectivity index (χ1v) is 34.8. The van der Waals surface area contributed by atoms with Crippen LogP contribution >= 0.6 is 0 Å². The Balaban J connectivity index is 0.000000163. The van der Waals surface area contributed by atoms with Gasteiger partial charge in [-0.3, -0.25) is 4.72 Å². The zero-order valence-electron chi connectivity index (χ0n) is 60.1. The molecule has 1 aliphatic rings. The van der Waals surface area contributed by atoms with E-state index in [-0.39, 0.29) is 44.3 Å². The Morgan fingerprint density at radius 1 is 0.480 bits per heavy atom. The summed E-state index contributed by atoms with van der Waals surface area (Å²) in [5.41, 5.74) is 10.2. The van der Waals surface area contributed by atoms with Gasteiger partial charge >= 0.3 is 12.3 Å². The topological polar surface area (TPSA) is 228 Å². The lowest BCUT2D eigenvalue weighted by atomic mass is 9.72. The van der Waals surface area contributed by atoms with E-state index in [1.54, 1.807) is 68.2 Å². The van der Waals surface area contributed by atoms with Crippen molar-refractivity contribution < 1.29 is 46.4 Å². The molecule has 0 spiro atoms. The van der Waals surface area contributed by atoms with Gasteiger partial charge in [0.2, 0.25) is 6.29 Å². The molecule has 100 heavy (non-hydrogen) atoms. The first-order chi connectivity index (χ1) is 47.0. The highest BCUT2D eigenvalue weighted by molar-refractivity contribution is 7.92. The van der Waals surface area contributed by atoms with Gasteiger partial charge in [-0.05, 0) is 196 Å². The summed E-state index contributed by atoms with van der Waals surface area (Å²) < 4.78 is 62.6. The zero-order chi connectivity index (χ0) is 72.2. The number of sulfonamides is 1. The van der Waals surface area contributed by atoms with E-state index < -0.39 is 33.5 Å². The number of para-hydroxylation sites is 1. The molecular weight excluding hydrogens is 1280 g/mol. The Labute approximate surface area is 585 Å². The molecule has 4 heterocycles. The summed E-state index contributed by atoms with van der Waals surface area (Å²) in [6.45, 7) is 35.2. The number of nitrogens with zero attached hydrogens (tertiary/aromatic N) is 9. The van der Waals surface area contributed by atoms with Crippen LogP contribution in [0, 0.1) is 24.7 Å². The van der Waals surface area contributed by atoms with E-state index in [0.717, 1.165) is 69.3 Å². The van der Waals surface area contributed by atoms with Crippen molar-refractivity contribution in [2.45, 2.75) is 170 Å². The summed E-state index contributed by atoms with van der Waals surface area (Å²) in [5, 5.41) is 27.8. The van der Waals surface area contributed by atoms with Crippen molar-refractivity contribution in [2.75, 3.05) is 4.72 Å². The van der Waals surface area contributed by atoms with E-state index in [9.17, 15) is 18.0 Å². The lowest BCUT2D eigenvalue weighted by Crippen LogP contribution is -2.28. The van der Waals surface area contributed by atoms with E-state index in [4.69, 9.17) is 28.4 Å². The maximum absolute atomic E-state index is 13.1. The number of fused-ring (bicyclic) bond motifs is 3. The predicted octanol–water partition coefficient (Wildman–Crippen LogP) is 18.5. The van der Waals surface area contributed by atoms with Gasteiger partial charge in [0.05, 0.1) is 11.2 Å². The fraction of sp³-hybridized carbons (Fsp3) is 0.342. The molecule has 11 aromatic rings. The van der Waals surface area contributed by atoms with Crippen molar-refractivity contribution in [3.63, 3.8) is 0 Å². The maximum Gasteiger partial charge on any atom is 0.514 e. The largest absolute Gasteiger partial charge is 0.514 e. The Hall–Kier alpha value is -10.4. The number of aromatic nitrogens is 9. The van der Waals surface area contributed by atoms with Crippen LogP contribution in [0.2, 0.25) is 0 Å². The van der Waals surface area contributed by atoms with E-state index >= 15 is 0 Å². The van der Waals surface area contributed by atoms with E-state index in [1.165, 1.54) is 33.4 Å². The molecule has 0 aliphatic carbocycles. The number of hydrogen-bond acceptors (Lipinski definition) is 16. The van der Waals surface area contributed by atoms with Crippen LogP contribution in [0.15, 0.2) is 193 Å². The lowest BCUT2D eigenvalue weighted by molar-refractivity contribution is -0.0109. The number of carbonyl (C=O) groups excluding carboxylic acids is 2. The Bertz CT molecular complexity index is 4770. The van der Waals surface area contributed by atoms with Gasteiger partial charge in [0.1, 0.15) is 61.4 Å². The molecule has 1 aliphatic heterocycles. The molecule has 0 fully saturated rings. The van der Waals surface area contributed by atoms with Gasteiger partial charge in [-0.1, -0.05) is 166 Å². The van der Waals surface area contributed by atoms with Crippen molar-refractivity contribution in [1.29, 1.82) is 0 Å². The first-order valence-electron chi connectivity index (χ1n) is 33.3. The molecule has 21 heteroatoms. The fourth-order valence-corrected chi connectivity index (χ4v) is 13.4. The smallest absolute Gasteiger partial charge is 0.462 e. The molecular formula is C79H90N10O10S. The van der Waals surface area contributed by atoms with Crippen LogP contribution in [0.1, 0.15) is 151 Å². The molecule has 12 rings (SSSR count). The second kappa shape index (κ2) is 28.8. The minimum Gasteiger partial charge on any atom is -0.462 e. The number of benzene rings is 8. The van der Waals surface area contributed by atoms with Gasteiger partial charge in [0.15, 0.2) is 17.2 Å². The van der Waals surface area contributed by atoms with Gasteiger partial charge in [-0.15, -0.1) is 45.0 Å². The normalized spacial score (nSPS) is 13.6. The molecule has 3 aromatic heterocycles. The molecule has 20 nitrogen and oxygen atoms in total. The molecule has 8 aromatic carbocycles. The summed E-state index contributed by atoms with van der Waals surface area (Å²) in [6.07, 6.45) is 4.38. The zero-order valence-corrected chi connectivity index (χ0v) is 60.9. The van der Waals surface area contributed by atoms with Gasteiger partial charge in [0.25, 0.3) is 10.0 Å². The molecule has 522 valence electrons.